The molecule has 2 heterocycles. The lowest BCUT2D eigenvalue weighted by Crippen LogP contribution is -2.48. The van der Waals surface area contributed by atoms with Crippen molar-refractivity contribution in [2.45, 2.75) is 45.3 Å². The van der Waals surface area contributed by atoms with Gasteiger partial charge in [0.2, 0.25) is 11.8 Å². The van der Waals surface area contributed by atoms with Crippen molar-refractivity contribution in [1.82, 2.24) is 20.0 Å². The van der Waals surface area contributed by atoms with Crippen LogP contribution in [0.15, 0.2) is 24.3 Å². The molecule has 1 N–H and O–H groups in total. The van der Waals surface area contributed by atoms with Crippen molar-refractivity contribution in [3.05, 3.63) is 47.0 Å². The Balaban J connectivity index is 1.74. The third-order valence-corrected chi connectivity index (χ3v) is 5.18. The van der Waals surface area contributed by atoms with Gasteiger partial charge in [0.15, 0.2) is 0 Å². The Hall–Kier alpha value is -2.91. The number of nitrogens with one attached hydrogen (secondary N) is 1. The summed E-state index contributed by atoms with van der Waals surface area (Å²) in [7, 11) is 0. The second kappa shape index (κ2) is 8.45. The Kier molecular flexibility index (Phi) is 6.14. The van der Waals surface area contributed by atoms with Crippen LogP contribution in [0.25, 0.3) is 5.69 Å². The van der Waals surface area contributed by atoms with Crippen molar-refractivity contribution >= 4 is 11.8 Å². The molecule has 1 saturated heterocycles. The molecule has 1 fully saturated rings. The number of carbonyl (C=O) groups excluding carboxylic acids is 2. The molecular formula is C20H22F4N4O2. The van der Waals surface area contributed by atoms with E-state index < -0.39 is 24.7 Å². The zero-order valence-electron chi connectivity index (χ0n) is 16.6. The number of aromatic nitrogens is 2. The summed E-state index contributed by atoms with van der Waals surface area (Å²) < 4.78 is 51.9. The topological polar surface area (TPSA) is 67.2 Å². The van der Waals surface area contributed by atoms with Gasteiger partial charge in [-0.1, -0.05) is 0 Å². The normalized spacial score (nSPS) is 16.7. The number of amides is 2. The van der Waals surface area contributed by atoms with E-state index in [0.717, 1.165) is 0 Å². The van der Waals surface area contributed by atoms with E-state index in [1.54, 1.807) is 30.7 Å². The van der Waals surface area contributed by atoms with E-state index in [2.05, 4.69) is 5.10 Å². The van der Waals surface area contributed by atoms with Gasteiger partial charge in [-0.3, -0.25) is 9.59 Å². The lowest BCUT2D eigenvalue weighted by molar-refractivity contribution is -0.144. The number of carbonyl (C=O) groups is 2. The van der Waals surface area contributed by atoms with Gasteiger partial charge in [0.1, 0.15) is 18.4 Å². The average molecular weight is 426 g/mol. The second-order valence-electron chi connectivity index (χ2n) is 7.29. The van der Waals surface area contributed by atoms with E-state index >= 15 is 0 Å². The SMILES string of the molecule is Cc1nn(-c2ccc(F)cc2)c(C)c1CC(=O)N1CCCC1C(=O)NCC(F)(F)F. The van der Waals surface area contributed by atoms with Gasteiger partial charge in [0, 0.05) is 17.8 Å². The fourth-order valence-corrected chi connectivity index (χ4v) is 3.66. The number of nitrogens with zero attached hydrogens (tertiary/aromatic N) is 3. The van der Waals surface area contributed by atoms with Gasteiger partial charge in [-0.05, 0) is 51.0 Å². The minimum Gasteiger partial charge on any atom is -0.345 e. The maximum absolute atomic E-state index is 13.2. The smallest absolute Gasteiger partial charge is 0.345 e. The van der Waals surface area contributed by atoms with E-state index in [0.29, 0.717) is 42.0 Å². The first-order chi connectivity index (χ1) is 14.1. The van der Waals surface area contributed by atoms with Crippen LogP contribution < -0.4 is 5.32 Å². The molecule has 1 aliphatic rings. The van der Waals surface area contributed by atoms with Gasteiger partial charge in [0.05, 0.1) is 17.8 Å². The highest BCUT2D eigenvalue weighted by molar-refractivity contribution is 5.89. The standard InChI is InChI=1S/C20H22F4N4O2/c1-12-16(13(2)28(26-12)15-7-5-14(21)6-8-15)10-18(29)27-9-3-4-17(27)19(30)25-11-20(22,23)24/h5-8,17H,3-4,9-11H2,1-2H3,(H,25,30). The number of likely N-dealkylation sites (tertiary alicyclic amines) is 1. The number of benzene rings is 1. The predicted molar refractivity (Wildman–Crippen MR) is 100 cm³/mol. The summed E-state index contributed by atoms with van der Waals surface area (Å²) in [6.45, 7) is 2.41. The Labute approximate surface area is 170 Å². The zero-order chi connectivity index (χ0) is 22.1. The van der Waals surface area contributed by atoms with Crippen molar-refractivity contribution < 1.29 is 27.2 Å². The van der Waals surface area contributed by atoms with Gasteiger partial charge >= 0.3 is 6.18 Å². The molecule has 0 spiro atoms. The third kappa shape index (κ3) is 4.80. The molecule has 2 amide bonds. The first-order valence-corrected chi connectivity index (χ1v) is 9.52. The lowest BCUT2D eigenvalue weighted by atomic mass is 10.1. The summed E-state index contributed by atoms with van der Waals surface area (Å²) >= 11 is 0. The third-order valence-electron chi connectivity index (χ3n) is 5.18. The van der Waals surface area contributed by atoms with Crippen molar-refractivity contribution in [3.63, 3.8) is 0 Å². The molecule has 162 valence electrons. The van der Waals surface area contributed by atoms with E-state index in [9.17, 15) is 27.2 Å². The molecule has 0 aliphatic carbocycles. The maximum atomic E-state index is 13.2. The quantitative estimate of drug-likeness (QED) is 0.748. The molecule has 0 bridgehead atoms. The highest BCUT2D eigenvalue weighted by Crippen LogP contribution is 2.23. The fourth-order valence-electron chi connectivity index (χ4n) is 3.66. The number of aryl methyl sites for hydroxylation is 1. The number of halogens is 4. The molecule has 1 aliphatic heterocycles. The summed E-state index contributed by atoms with van der Waals surface area (Å²) in [5.41, 5.74) is 2.62. The average Bonchev–Trinajstić information content (AvgIpc) is 3.27. The zero-order valence-corrected chi connectivity index (χ0v) is 16.6. The van der Waals surface area contributed by atoms with E-state index in [1.165, 1.54) is 17.0 Å². The first-order valence-electron chi connectivity index (χ1n) is 9.52. The summed E-state index contributed by atoms with van der Waals surface area (Å²) in [5, 5.41) is 6.28. The molecule has 3 rings (SSSR count). The monoisotopic (exact) mass is 426 g/mol. The van der Waals surface area contributed by atoms with E-state index in [4.69, 9.17) is 0 Å². The van der Waals surface area contributed by atoms with Crippen LogP contribution in [-0.2, 0) is 16.0 Å². The van der Waals surface area contributed by atoms with Gasteiger partial charge in [-0.25, -0.2) is 9.07 Å². The number of hydrogen-bond donors (Lipinski definition) is 1. The van der Waals surface area contributed by atoms with Crippen LogP contribution in [0.3, 0.4) is 0 Å². The number of rotatable bonds is 5. The van der Waals surface area contributed by atoms with Crippen molar-refractivity contribution in [2.75, 3.05) is 13.1 Å². The van der Waals surface area contributed by atoms with Crippen LogP contribution in [0, 0.1) is 19.7 Å². The van der Waals surface area contributed by atoms with Gasteiger partial charge < -0.3 is 10.2 Å². The number of alkyl halides is 3. The van der Waals surface area contributed by atoms with Crippen LogP contribution >= 0.6 is 0 Å². The minimum atomic E-state index is -4.51. The predicted octanol–water partition coefficient (Wildman–Crippen LogP) is 2.84. The summed E-state index contributed by atoms with van der Waals surface area (Å²) in [6.07, 6.45) is -3.67. The summed E-state index contributed by atoms with van der Waals surface area (Å²) in [4.78, 5) is 26.4. The van der Waals surface area contributed by atoms with Crippen molar-refractivity contribution in [1.29, 1.82) is 0 Å². The van der Waals surface area contributed by atoms with Gasteiger partial charge in [0.25, 0.3) is 0 Å². The molecule has 30 heavy (non-hydrogen) atoms. The first kappa shape index (κ1) is 21.8. The molecule has 6 nitrogen and oxygen atoms in total. The molecule has 1 aromatic heterocycles. The molecule has 10 heteroatoms. The fraction of sp³-hybridized carbons (Fsp3) is 0.450. The van der Waals surface area contributed by atoms with Crippen LogP contribution in [-0.4, -0.2) is 51.8 Å². The Morgan fingerprint density at radius 3 is 2.50 bits per heavy atom. The van der Waals surface area contributed by atoms with Crippen molar-refractivity contribution in [2.24, 2.45) is 0 Å². The van der Waals surface area contributed by atoms with Gasteiger partial charge in [-0.15, -0.1) is 0 Å². The Bertz CT molecular complexity index is 938. The molecular weight excluding hydrogens is 404 g/mol. The summed E-state index contributed by atoms with van der Waals surface area (Å²) in [5.74, 6) is -1.52. The molecule has 0 radical (unpaired) electrons. The lowest BCUT2D eigenvalue weighted by Gasteiger charge is -2.24. The highest BCUT2D eigenvalue weighted by atomic mass is 19.4. The molecule has 1 aromatic carbocycles. The second-order valence-corrected chi connectivity index (χ2v) is 7.29. The minimum absolute atomic E-state index is 0.0259. The van der Waals surface area contributed by atoms with E-state index in [-0.39, 0.29) is 18.1 Å². The Morgan fingerprint density at radius 1 is 1.20 bits per heavy atom. The molecule has 1 atom stereocenters. The van der Waals surface area contributed by atoms with Crippen LogP contribution in [0.4, 0.5) is 17.6 Å². The van der Waals surface area contributed by atoms with Crippen LogP contribution in [0.5, 0.6) is 0 Å². The highest BCUT2D eigenvalue weighted by Gasteiger charge is 2.36. The number of hydrogen-bond acceptors (Lipinski definition) is 3. The molecule has 2 aromatic rings. The van der Waals surface area contributed by atoms with Crippen LogP contribution in [0.2, 0.25) is 0 Å². The molecule has 0 saturated carbocycles. The van der Waals surface area contributed by atoms with Gasteiger partial charge in [-0.2, -0.15) is 18.3 Å². The van der Waals surface area contributed by atoms with Crippen molar-refractivity contribution in [3.8, 4) is 5.69 Å². The Morgan fingerprint density at radius 2 is 1.87 bits per heavy atom. The maximum Gasteiger partial charge on any atom is 0.405 e. The summed E-state index contributed by atoms with van der Waals surface area (Å²) in [6, 6.07) is 4.85. The largest absolute Gasteiger partial charge is 0.405 e. The van der Waals surface area contributed by atoms with E-state index in [1.807, 2.05) is 5.32 Å². The van der Waals surface area contributed by atoms with Crippen LogP contribution in [0.1, 0.15) is 29.8 Å². The molecule has 1 unspecified atom stereocenters.